The average molecular weight is 470 g/mol. The maximum absolute atomic E-state index is 12.6. The smallest absolute Gasteiger partial charge is 0.352 e. The molecule has 1 fully saturated rings. The number of aromatic amines is 1. The molecule has 0 aromatic carbocycles. The van der Waals surface area contributed by atoms with E-state index in [0.717, 1.165) is 0 Å². The number of amides is 2. The number of nitrogens with one attached hydrogen (secondary N) is 2. The number of nitrogens with zero attached hydrogens (tertiary/aromatic N) is 3. The third-order valence-corrected chi connectivity index (χ3v) is 7.87. The summed E-state index contributed by atoms with van der Waals surface area (Å²) in [7, 11) is -1.67. The predicted molar refractivity (Wildman–Crippen MR) is 107 cm³/mol. The SMILES string of the molecule is O=C(CS(=O)c1ccco1)NC1C(=O)N2C(C(=O)O)=C(CSc3cn[nH]n3)CSC12. The quantitative estimate of drug-likeness (QED) is 0.356. The maximum atomic E-state index is 12.6. The third-order valence-electron chi connectivity index (χ3n) is 4.34. The van der Waals surface area contributed by atoms with E-state index in [0.29, 0.717) is 22.1 Å². The molecule has 2 aliphatic rings. The summed E-state index contributed by atoms with van der Waals surface area (Å²) < 4.78 is 17.1. The molecule has 2 aromatic rings. The zero-order valence-corrected chi connectivity index (χ0v) is 17.6. The van der Waals surface area contributed by atoms with Gasteiger partial charge in [0.15, 0.2) is 5.09 Å². The first-order valence-electron chi connectivity index (χ1n) is 8.55. The molecule has 3 atom stereocenters. The molecule has 30 heavy (non-hydrogen) atoms. The maximum Gasteiger partial charge on any atom is 0.352 e. The summed E-state index contributed by atoms with van der Waals surface area (Å²) in [4.78, 5) is 37.8. The minimum absolute atomic E-state index is 0.0654. The second kappa shape index (κ2) is 8.65. The molecule has 0 radical (unpaired) electrons. The summed E-state index contributed by atoms with van der Waals surface area (Å²) >= 11 is 2.68. The Morgan fingerprint density at radius 2 is 2.33 bits per heavy atom. The van der Waals surface area contributed by atoms with Crippen LogP contribution in [0, 0.1) is 0 Å². The van der Waals surface area contributed by atoms with Crippen molar-refractivity contribution in [2.75, 3.05) is 17.3 Å². The van der Waals surface area contributed by atoms with Crippen LogP contribution in [0.15, 0.2) is 50.4 Å². The number of carboxylic acid groups (broad SMARTS) is 1. The number of hydrogen-bond acceptors (Lipinski definition) is 9. The van der Waals surface area contributed by atoms with Crippen molar-refractivity contribution in [3.63, 3.8) is 0 Å². The van der Waals surface area contributed by atoms with Gasteiger partial charge in [0.2, 0.25) is 5.91 Å². The van der Waals surface area contributed by atoms with Crippen LogP contribution in [0.1, 0.15) is 0 Å². The largest absolute Gasteiger partial charge is 0.477 e. The van der Waals surface area contributed by atoms with Crippen LogP contribution in [-0.4, -0.2) is 76.1 Å². The van der Waals surface area contributed by atoms with Crippen molar-refractivity contribution in [2.24, 2.45) is 0 Å². The van der Waals surface area contributed by atoms with E-state index >= 15 is 0 Å². The Bertz CT molecular complexity index is 1020. The molecule has 0 bridgehead atoms. The van der Waals surface area contributed by atoms with E-state index in [2.05, 4.69) is 20.7 Å². The van der Waals surface area contributed by atoms with Gasteiger partial charge in [-0.1, -0.05) is 11.8 Å². The molecule has 3 N–H and O–H groups in total. The van der Waals surface area contributed by atoms with Gasteiger partial charge in [0, 0.05) is 11.5 Å². The standard InChI is InChI=1S/C16H15N5O6S3/c22-9(7-30(26)11-2-1-3-27-11)18-12-14(23)21-13(16(24)25)8(6-29-15(12)21)5-28-10-4-17-20-19-10/h1-4,12,15H,5-7H2,(H,18,22)(H,24,25)(H,17,19,20). The van der Waals surface area contributed by atoms with Gasteiger partial charge in [-0.2, -0.15) is 10.3 Å². The van der Waals surface area contributed by atoms with Crippen molar-refractivity contribution in [1.29, 1.82) is 0 Å². The minimum Gasteiger partial charge on any atom is -0.477 e. The highest BCUT2D eigenvalue weighted by Crippen LogP contribution is 2.41. The van der Waals surface area contributed by atoms with Gasteiger partial charge in [-0.15, -0.1) is 16.9 Å². The highest BCUT2D eigenvalue weighted by Gasteiger charge is 2.54. The molecular weight excluding hydrogens is 454 g/mol. The summed E-state index contributed by atoms with van der Waals surface area (Å²) in [6.45, 7) is 0. The lowest BCUT2D eigenvalue weighted by Crippen LogP contribution is -2.70. The molecule has 0 aliphatic carbocycles. The predicted octanol–water partition coefficient (Wildman–Crippen LogP) is 0.0362. The highest BCUT2D eigenvalue weighted by molar-refractivity contribution is 8.01. The molecule has 2 aromatic heterocycles. The van der Waals surface area contributed by atoms with E-state index in [-0.39, 0.29) is 16.5 Å². The van der Waals surface area contributed by atoms with E-state index in [1.807, 2.05) is 0 Å². The topological polar surface area (TPSA) is 158 Å². The normalized spacial score (nSPS) is 21.7. The molecule has 14 heteroatoms. The molecule has 3 unspecified atom stereocenters. The first-order valence-corrected chi connectivity index (χ1v) is 11.9. The van der Waals surface area contributed by atoms with Crippen LogP contribution in [0.3, 0.4) is 0 Å². The number of carboxylic acids is 1. The van der Waals surface area contributed by atoms with Crippen molar-refractivity contribution in [1.82, 2.24) is 25.6 Å². The van der Waals surface area contributed by atoms with Crippen molar-refractivity contribution < 1.29 is 28.1 Å². The molecule has 0 saturated carbocycles. The van der Waals surface area contributed by atoms with Gasteiger partial charge >= 0.3 is 5.97 Å². The summed E-state index contributed by atoms with van der Waals surface area (Å²) in [5, 5.41) is 22.6. The first-order chi connectivity index (χ1) is 14.5. The number of thioether (sulfide) groups is 2. The Morgan fingerprint density at radius 3 is 3.00 bits per heavy atom. The Labute approximate surface area is 180 Å². The molecule has 0 spiro atoms. The number of aromatic nitrogens is 3. The van der Waals surface area contributed by atoms with Gasteiger partial charge in [-0.25, -0.2) is 4.79 Å². The minimum atomic E-state index is -1.67. The Kier molecular flexibility index (Phi) is 5.97. The van der Waals surface area contributed by atoms with Crippen molar-refractivity contribution in [2.45, 2.75) is 21.5 Å². The Hall–Kier alpha value is -2.58. The number of carbonyl (C=O) groups excluding carboxylic acids is 2. The van der Waals surface area contributed by atoms with Crippen LogP contribution in [0.25, 0.3) is 0 Å². The molecular formula is C16H15N5O6S3. The number of furan rings is 1. The lowest BCUT2D eigenvalue weighted by atomic mass is 10.0. The second-order valence-electron chi connectivity index (χ2n) is 6.23. The fourth-order valence-corrected chi connectivity index (χ4v) is 6.14. The van der Waals surface area contributed by atoms with Crippen molar-refractivity contribution in [3.8, 4) is 0 Å². The second-order valence-corrected chi connectivity index (χ2v) is 9.71. The van der Waals surface area contributed by atoms with Crippen LogP contribution in [0.4, 0.5) is 0 Å². The monoisotopic (exact) mass is 469 g/mol. The number of rotatable bonds is 8. The zero-order valence-electron chi connectivity index (χ0n) is 15.1. The lowest BCUT2D eigenvalue weighted by Gasteiger charge is -2.49. The fraction of sp³-hybridized carbons (Fsp3) is 0.312. The van der Waals surface area contributed by atoms with Crippen LogP contribution in [0.5, 0.6) is 0 Å². The third kappa shape index (κ3) is 4.02. The van der Waals surface area contributed by atoms with Crippen LogP contribution in [0.2, 0.25) is 0 Å². The number of β-lactam (4-membered cyclic amide) rings is 1. The van der Waals surface area contributed by atoms with E-state index < -0.39 is 40.0 Å². The number of carbonyl (C=O) groups is 3. The molecule has 4 rings (SSSR count). The van der Waals surface area contributed by atoms with Gasteiger partial charge in [-0.05, 0) is 17.7 Å². The van der Waals surface area contributed by atoms with Gasteiger partial charge in [-0.3, -0.25) is 18.7 Å². The summed E-state index contributed by atoms with van der Waals surface area (Å²) in [6, 6.07) is 2.20. The van der Waals surface area contributed by atoms with Gasteiger partial charge in [0.05, 0.1) is 23.3 Å². The molecule has 158 valence electrons. The average Bonchev–Trinajstić information content (AvgIpc) is 3.43. The summed E-state index contributed by atoms with van der Waals surface area (Å²) in [5.41, 5.74) is 0.526. The van der Waals surface area contributed by atoms with E-state index in [9.17, 15) is 23.7 Å². The molecule has 11 nitrogen and oxygen atoms in total. The molecule has 2 aliphatic heterocycles. The number of fused-ring (bicyclic) bond motifs is 1. The lowest BCUT2D eigenvalue weighted by molar-refractivity contribution is -0.150. The number of hydrogen-bond donors (Lipinski definition) is 3. The molecule has 1 saturated heterocycles. The van der Waals surface area contributed by atoms with Gasteiger partial charge in [0.25, 0.3) is 5.91 Å². The zero-order chi connectivity index (χ0) is 21.3. The van der Waals surface area contributed by atoms with E-state index in [1.165, 1.54) is 47.0 Å². The van der Waals surface area contributed by atoms with Crippen LogP contribution >= 0.6 is 23.5 Å². The molecule has 4 heterocycles. The summed E-state index contributed by atoms with van der Waals surface area (Å²) in [5.74, 6) is -1.89. The van der Waals surface area contributed by atoms with Crippen molar-refractivity contribution in [3.05, 3.63) is 35.9 Å². The van der Waals surface area contributed by atoms with E-state index in [1.54, 1.807) is 6.07 Å². The first kappa shape index (κ1) is 20.7. The fourth-order valence-electron chi connectivity index (χ4n) is 3.01. The Balaban J connectivity index is 1.41. The van der Waals surface area contributed by atoms with Crippen molar-refractivity contribution >= 4 is 52.1 Å². The van der Waals surface area contributed by atoms with Gasteiger partial charge in [0.1, 0.15) is 27.9 Å². The number of H-pyrrole nitrogens is 1. The van der Waals surface area contributed by atoms with Crippen LogP contribution < -0.4 is 5.32 Å². The van der Waals surface area contributed by atoms with Crippen LogP contribution in [-0.2, 0) is 25.2 Å². The van der Waals surface area contributed by atoms with Gasteiger partial charge < -0.3 is 14.8 Å². The Morgan fingerprint density at radius 1 is 1.50 bits per heavy atom. The highest BCUT2D eigenvalue weighted by atomic mass is 32.2. The van der Waals surface area contributed by atoms with E-state index in [4.69, 9.17) is 4.42 Å². The summed E-state index contributed by atoms with van der Waals surface area (Å²) in [6.07, 6.45) is 2.88. The number of aliphatic carboxylic acids is 1. The molecule has 2 amide bonds.